The smallest absolute Gasteiger partial charge is 0.230 e. The van der Waals surface area contributed by atoms with Crippen molar-refractivity contribution >= 4 is 40.9 Å². The maximum absolute atomic E-state index is 12.0. The number of carbonyl (C=O) groups excluding carboxylic acids is 1. The minimum Gasteiger partial charge on any atom is -0.351 e. The third-order valence-electron chi connectivity index (χ3n) is 3.65. The summed E-state index contributed by atoms with van der Waals surface area (Å²) in [4.78, 5) is 17.6. The average molecular weight is 381 g/mol. The Kier molecular flexibility index (Phi) is 5.03. The van der Waals surface area contributed by atoms with Gasteiger partial charge in [-0.2, -0.15) is 0 Å². The van der Waals surface area contributed by atoms with Crippen molar-refractivity contribution < 1.29 is 4.79 Å². The molecule has 0 atom stereocenters. The summed E-state index contributed by atoms with van der Waals surface area (Å²) in [5.74, 6) is 0.862. The van der Waals surface area contributed by atoms with E-state index >= 15 is 0 Å². The number of thioether (sulfide) groups is 1. The molecule has 2 heterocycles. The molecule has 130 valence electrons. The van der Waals surface area contributed by atoms with Crippen LogP contribution in [0.4, 0.5) is 11.5 Å². The van der Waals surface area contributed by atoms with Crippen LogP contribution in [0.15, 0.2) is 69.7 Å². The van der Waals surface area contributed by atoms with Gasteiger partial charge in [-0.15, -0.1) is 10.2 Å². The maximum Gasteiger partial charge on any atom is 0.230 e. The number of benzene rings is 2. The number of nitrogens with zero attached hydrogens (tertiary/aromatic N) is 3. The summed E-state index contributed by atoms with van der Waals surface area (Å²) in [6, 6.07) is 17.8. The lowest BCUT2D eigenvalue weighted by atomic mass is 10.2. The van der Waals surface area contributed by atoms with E-state index < -0.39 is 0 Å². The van der Waals surface area contributed by atoms with Gasteiger partial charge in [0.25, 0.3) is 0 Å². The molecule has 2 aromatic carbocycles. The zero-order valence-corrected chi connectivity index (χ0v) is 15.3. The molecule has 0 spiro atoms. The van der Waals surface area contributed by atoms with Crippen LogP contribution in [0.1, 0.15) is 5.56 Å². The van der Waals surface area contributed by atoms with Gasteiger partial charge in [0.1, 0.15) is 0 Å². The topological polar surface area (TPSA) is 79.8 Å². The fourth-order valence-corrected chi connectivity index (χ4v) is 3.86. The van der Waals surface area contributed by atoms with Gasteiger partial charge < -0.3 is 10.6 Å². The number of hydrogen-bond acceptors (Lipinski definition) is 7. The van der Waals surface area contributed by atoms with E-state index in [-0.39, 0.29) is 11.7 Å². The molecule has 2 N–H and O–H groups in total. The Morgan fingerprint density at radius 1 is 1.08 bits per heavy atom. The Balaban J connectivity index is 1.34. The number of nitrogens with one attached hydrogen (secondary N) is 2. The van der Waals surface area contributed by atoms with Gasteiger partial charge in [0.05, 0.1) is 11.4 Å². The summed E-state index contributed by atoms with van der Waals surface area (Å²) >= 11 is 2.81. The monoisotopic (exact) mass is 381 g/mol. The molecule has 1 aliphatic heterocycles. The number of anilines is 2. The van der Waals surface area contributed by atoms with Crippen molar-refractivity contribution in [2.45, 2.75) is 21.6 Å². The van der Waals surface area contributed by atoms with E-state index in [4.69, 9.17) is 0 Å². The molecule has 0 saturated heterocycles. The van der Waals surface area contributed by atoms with E-state index in [0.717, 1.165) is 21.2 Å². The Morgan fingerprint density at radius 2 is 1.88 bits per heavy atom. The Morgan fingerprint density at radius 3 is 2.77 bits per heavy atom. The summed E-state index contributed by atoms with van der Waals surface area (Å²) in [5.41, 5.74) is 2.07. The number of fused-ring (bicyclic) bond motifs is 2. The number of carbonyl (C=O) groups is 1. The minimum atomic E-state index is -0.0622. The molecule has 0 aliphatic carbocycles. The third kappa shape index (κ3) is 3.97. The predicted octanol–water partition coefficient (Wildman–Crippen LogP) is 3.49. The first-order chi connectivity index (χ1) is 12.8. The standard InChI is InChI=1S/C18H15N5OS2/c24-15(19-10-12-6-2-1-3-7-12)11-25-18-21-16-17(22-23-18)26-14-9-5-4-8-13(14)20-16/h1-9H,10-11H2,(H,19,24)(H,20,21,23). The van der Waals surface area contributed by atoms with Crippen LogP contribution in [0.2, 0.25) is 0 Å². The molecule has 4 rings (SSSR count). The highest BCUT2D eigenvalue weighted by atomic mass is 32.2. The Hall–Kier alpha value is -2.58. The molecule has 1 aliphatic rings. The lowest BCUT2D eigenvalue weighted by Crippen LogP contribution is -2.24. The highest BCUT2D eigenvalue weighted by molar-refractivity contribution is 8.00. The zero-order chi connectivity index (χ0) is 17.8. The molecule has 3 aromatic rings. The van der Waals surface area contributed by atoms with E-state index in [2.05, 4.69) is 25.8 Å². The highest BCUT2D eigenvalue weighted by Gasteiger charge is 2.19. The molecule has 0 bridgehead atoms. The first kappa shape index (κ1) is 16.9. The quantitative estimate of drug-likeness (QED) is 0.512. The fraction of sp³-hybridized carbons (Fsp3) is 0.111. The Labute approximate surface area is 159 Å². The largest absolute Gasteiger partial charge is 0.351 e. The number of aromatic nitrogens is 3. The van der Waals surface area contributed by atoms with Crippen molar-refractivity contribution in [3.63, 3.8) is 0 Å². The maximum atomic E-state index is 12.0. The second kappa shape index (κ2) is 7.76. The molecule has 8 heteroatoms. The van der Waals surface area contributed by atoms with Gasteiger partial charge in [0.2, 0.25) is 11.1 Å². The first-order valence-corrected chi connectivity index (χ1v) is 9.80. The average Bonchev–Trinajstić information content (AvgIpc) is 2.69. The first-order valence-electron chi connectivity index (χ1n) is 8.00. The van der Waals surface area contributed by atoms with Gasteiger partial charge in [-0.25, -0.2) is 4.98 Å². The number of para-hydroxylation sites is 1. The van der Waals surface area contributed by atoms with Gasteiger partial charge in [-0.3, -0.25) is 4.79 Å². The van der Waals surface area contributed by atoms with E-state index in [1.807, 2.05) is 54.6 Å². The molecule has 0 fully saturated rings. The van der Waals surface area contributed by atoms with Gasteiger partial charge in [-0.05, 0) is 17.7 Å². The summed E-state index contributed by atoms with van der Waals surface area (Å²) in [5, 5.41) is 15.7. The molecule has 0 radical (unpaired) electrons. The summed E-state index contributed by atoms with van der Waals surface area (Å²) in [6.07, 6.45) is 0. The van der Waals surface area contributed by atoms with E-state index in [1.165, 1.54) is 23.5 Å². The van der Waals surface area contributed by atoms with Crippen molar-refractivity contribution in [2.24, 2.45) is 0 Å². The van der Waals surface area contributed by atoms with Crippen LogP contribution in [-0.4, -0.2) is 26.8 Å². The lowest BCUT2D eigenvalue weighted by molar-refractivity contribution is -0.118. The molecule has 26 heavy (non-hydrogen) atoms. The predicted molar refractivity (Wildman–Crippen MR) is 103 cm³/mol. The van der Waals surface area contributed by atoms with Gasteiger partial charge in [0, 0.05) is 11.4 Å². The number of amides is 1. The second-order valence-electron chi connectivity index (χ2n) is 5.52. The van der Waals surface area contributed by atoms with Crippen molar-refractivity contribution in [2.75, 3.05) is 11.1 Å². The lowest BCUT2D eigenvalue weighted by Gasteiger charge is -2.18. The highest BCUT2D eigenvalue weighted by Crippen LogP contribution is 2.41. The second-order valence-corrected chi connectivity index (χ2v) is 7.50. The van der Waals surface area contributed by atoms with Crippen molar-refractivity contribution in [1.82, 2.24) is 20.5 Å². The summed E-state index contributed by atoms with van der Waals surface area (Å²) in [7, 11) is 0. The van der Waals surface area contributed by atoms with Crippen LogP contribution >= 0.6 is 23.5 Å². The summed E-state index contributed by atoms with van der Waals surface area (Å²) < 4.78 is 0. The van der Waals surface area contributed by atoms with E-state index in [9.17, 15) is 4.79 Å². The van der Waals surface area contributed by atoms with Gasteiger partial charge in [-0.1, -0.05) is 66.0 Å². The van der Waals surface area contributed by atoms with Crippen LogP contribution in [-0.2, 0) is 11.3 Å². The molecule has 0 unspecified atom stereocenters. The van der Waals surface area contributed by atoms with Crippen LogP contribution in [0.25, 0.3) is 0 Å². The fourth-order valence-electron chi connectivity index (χ4n) is 2.38. The summed E-state index contributed by atoms with van der Waals surface area (Å²) in [6.45, 7) is 0.512. The van der Waals surface area contributed by atoms with E-state index in [1.54, 1.807) is 0 Å². The van der Waals surface area contributed by atoms with E-state index in [0.29, 0.717) is 17.5 Å². The van der Waals surface area contributed by atoms with Crippen LogP contribution in [0, 0.1) is 0 Å². The molecule has 1 amide bonds. The van der Waals surface area contributed by atoms with Crippen LogP contribution in [0.5, 0.6) is 0 Å². The van der Waals surface area contributed by atoms with Crippen molar-refractivity contribution in [1.29, 1.82) is 0 Å². The van der Waals surface area contributed by atoms with Crippen LogP contribution < -0.4 is 10.6 Å². The van der Waals surface area contributed by atoms with Gasteiger partial charge >= 0.3 is 0 Å². The van der Waals surface area contributed by atoms with Crippen molar-refractivity contribution in [3.05, 3.63) is 60.2 Å². The normalized spacial score (nSPS) is 11.8. The molecule has 0 saturated carbocycles. The SMILES string of the molecule is O=C(CSc1nnc2c(n1)Nc1ccccc1S2)NCc1ccccc1. The number of hydrogen-bond donors (Lipinski definition) is 2. The number of rotatable bonds is 5. The molecular weight excluding hydrogens is 366 g/mol. The zero-order valence-electron chi connectivity index (χ0n) is 13.7. The molecule has 1 aromatic heterocycles. The Bertz CT molecular complexity index is 936. The van der Waals surface area contributed by atoms with Crippen molar-refractivity contribution in [3.8, 4) is 0 Å². The molecule has 6 nitrogen and oxygen atoms in total. The molecular formula is C18H15N5OS2. The van der Waals surface area contributed by atoms with Gasteiger partial charge in [0.15, 0.2) is 10.8 Å². The van der Waals surface area contributed by atoms with Crippen LogP contribution in [0.3, 0.4) is 0 Å². The third-order valence-corrected chi connectivity index (χ3v) is 5.53. The minimum absolute atomic E-state index is 0.0622.